The lowest BCUT2D eigenvalue weighted by Crippen LogP contribution is -2.37. The van der Waals surface area contributed by atoms with Crippen LogP contribution in [0.15, 0.2) is 35.5 Å². The Morgan fingerprint density at radius 3 is 2.42 bits per heavy atom. The van der Waals surface area contributed by atoms with Crippen molar-refractivity contribution >= 4 is 29.2 Å². The molecule has 0 N–H and O–H groups in total. The van der Waals surface area contributed by atoms with E-state index in [0.29, 0.717) is 34.9 Å². The molecule has 0 aromatic heterocycles. The van der Waals surface area contributed by atoms with E-state index in [-0.39, 0.29) is 18.5 Å². The molecular weight excluding hydrogens is 500 g/mol. The van der Waals surface area contributed by atoms with E-state index in [4.69, 9.17) is 21.2 Å². The van der Waals surface area contributed by atoms with Crippen LogP contribution < -0.4 is 0 Å². The molecular formula is C31H45ClN2O4. The molecule has 1 aliphatic heterocycles. The van der Waals surface area contributed by atoms with Crippen molar-refractivity contribution in [2.75, 3.05) is 26.3 Å². The number of esters is 1. The number of hydrogen-bond acceptors (Lipinski definition) is 5. The van der Waals surface area contributed by atoms with Gasteiger partial charge in [0.2, 0.25) is 0 Å². The van der Waals surface area contributed by atoms with Gasteiger partial charge in [-0.3, -0.25) is 4.79 Å². The Kier molecular flexibility index (Phi) is 14.8. The highest BCUT2D eigenvalue weighted by Gasteiger charge is 2.22. The Morgan fingerprint density at radius 1 is 1.00 bits per heavy atom. The molecule has 2 rings (SSSR count). The van der Waals surface area contributed by atoms with Crippen LogP contribution in [0.1, 0.15) is 98.7 Å². The average molecular weight is 545 g/mol. The number of carbonyl (C=O) groups excluding carboxylic acids is 2. The molecule has 0 unspecified atom stereocenters. The van der Waals surface area contributed by atoms with Crippen LogP contribution in [-0.4, -0.2) is 48.8 Å². The van der Waals surface area contributed by atoms with Crippen LogP contribution in [0.2, 0.25) is 5.02 Å². The van der Waals surface area contributed by atoms with Crippen molar-refractivity contribution in [1.29, 1.82) is 0 Å². The third-order valence-corrected chi connectivity index (χ3v) is 7.05. The standard InChI is InChI=1S/C31H45ClN2O4/c1-5-7-8-9-10-11-12-14-17-26(33-38-23-28(35)34-18-15-13-16-19-34)22-27-29(31(36)37-20-6-2)24(3)21-25(4)30(27)32/h9-10,14,17,21H,5-8,11-13,15-16,18-20,22-23H2,1-4H3/b10-9+,17-14+,33-26?. The second-order valence-corrected chi connectivity index (χ2v) is 10.3. The average Bonchev–Trinajstić information content (AvgIpc) is 2.91. The maximum atomic E-state index is 12.9. The van der Waals surface area contributed by atoms with Gasteiger partial charge in [0.25, 0.3) is 5.91 Å². The number of aryl methyl sites for hydroxylation is 2. The van der Waals surface area contributed by atoms with Gasteiger partial charge in [0.05, 0.1) is 17.9 Å². The second kappa shape index (κ2) is 17.8. The topological polar surface area (TPSA) is 68.2 Å². The first kappa shape index (κ1) is 31.6. The van der Waals surface area contributed by atoms with Gasteiger partial charge in [-0.1, -0.05) is 67.7 Å². The van der Waals surface area contributed by atoms with Crippen LogP contribution >= 0.6 is 11.6 Å². The summed E-state index contributed by atoms with van der Waals surface area (Å²) < 4.78 is 5.46. The molecule has 6 nitrogen and oxygen atoms in total. The Balaban J connectivity index is 2.23. The number of carbonyl (C=O) groups is 2. The molecule has 0 atom stereocenters. The molecule has 1 fully saturated rings. The second-order valence-electron chi connectivity index (χ2n) is 9.88. The van der Waals surface area contributed by atoms with Gasteiger partial charge in [-0.25, -0.2) is 4.79 Å². The van der Waals surface area contributed by atoms with Crippen LogP contribution in [0.3, 0.4) is 0 Å². The van der Waals surface area contributed by atoms with E-state index in [1.165, 1.54) is 12.8 Å². The number of nitrogens with zero attached hydrogens (tertiary/aromatic N) is 2. The summed E-state index contributed by atoms with van der Waals surface area (Å²) in [6, 6.07) is 1.90. The molecule has 0 aliphatic carbocycles. The molecule has 0 spiro atoms. The lowest BCUT2D eigenvalue weighted by Gasteiger charge is -2.26. The molecule has 0 saturated carbocycles. The molecule has 1 aliphatic rings. The van der Waals surface area contributed by atoms with E-state index in [1.54, 1.807) is 0 Å². The Labute approximate surface area is 234 Å². The first-order valence-electron chi connectivity index (χ1n) is 14.1. The SMILES string of the molecule is CCCC/C=C/CC/C=C/C(Cc1c(Cl)c(C)cc(C)c1C(=O)OCCC)=NOCC(=O)N1CCCCC1. The van der Waals surface area contributed by atoms with Crippen molar-refractivity contribution in [3.05, 3.63) is 57.6 Å². The van der Waals surface area contributed by atoms with Gasteiger partial charge in [-0.2, -0.15) is 0 Å². The van der Waals surface area contributed by atoms with Gasteiger partial charge < -0.3 is 14.5 Å². The summed E-state index contributed by atoms with van der Waals surface area (Å²) in [4.78, 5) is 32.9. The predicted molar refractivity (Wildman–Crippen MR) is 156 cm³/mol. The van der Waals surface area contributed by atoms with E-state index in [9.17, 15) is 9.59 Å². The van der Waals surface area contributed by atoms with E-state index in [2.05, 4.69) is 24.2 Å². The van der Waals surface area contributed by atoms with Crippen LogP contribution in [0.4, 0.5) is 0 Å². The molecule has 0 bridgehead atoms. The van der Waals surface area contributed by atoms with Gasteiger partial charge in [0.15, 0.2) is 6.61 Å². The van der Waals surface area contributed by atoms with Gasteiger partial charge in [0, 0.05) is 24.5 Å². The smallest absolute Gasteiger partial charge is 0.338 e. The number of rotatable bonds is 15. The number of unbranched alkanes of at least 4 members (excludes halogenated alkanes) is 3. The maximum absolute atomic E-state index is 12.9. The number of oxime groups is 1. The van der Waals surface area contributed by atoms with Crippen molar-refractivity contribution in [2.45, 2.75) is 91.9 Å². The summed E-state index contributed by atoms with van der Waals surface area (Å²) in [6.45, 7) is 9.74. The molecule has 210 valence electrons. The van der Waals surface area contributed by atoms with Crippen molar-refractivity contribution in [3.63, 3.8) is 0 Å². The zero-order valence-corrected chi connectivity index (χ0v) is 24.4. The van der Waals surface area contributed by atoms with Crippen LogP contribution in [0.25, 0.3) is 0 Å². The lowest BCUT2D eigenvalue weighted by molar-refractivity contribution is -0.137. The van der Waals surface area contributed by atoms with Crippen molar-refractivity contribution in [1.82, 2.24) is 4.90 Å². The summed E-state index contributed by atoms with van der Waals surface area (Å²) in [5.74, 6) is -0.440. The number of hydrogen-bond donors (Lipinski definition) is 0. The van der Waals surface area contributed by atoms with Crippen molar-refractivity contribution in [3.8, 4) is 0 Å². The fourth-order valence-corrected chi connectivity index (χ4v) is 4.66. The van der Waals surface area contributed by atoms with Gasteiger partial charge in [-0.15, -0.1) is 0 Å². The first-order chi connectivity index (χ1) is 18.4. The minimum Gasteiger partial charge on any atom is -0.462 e. The highest BCUT2D eigenvalue weighted by Crippen LogP contribution is 2.29. The van der Waals surface area contributed by atoms with Gasteiger partial charge >= 0.3 is 5.97 Å². The number of benzene rings is 1. The first-order valence-corrected chi connectivity index (χ1v) is 14.5. The highest BCUT2D eigenvalue weighted by molar-refractivity contribution is 6.33. The van der Waals surface area contributed by atoms with Crippen LogP contribution in [0, 0.1) is 13.8 Å². The molecule has 1 aromatic rings. The minimum absolute atomic E-state index is 0.0535. The Hall–Kier alpha value is -2.60. The summed E-state index contributed by atoms with van der Waals surface area (Å²) in [6.07, 6.45) is 17.9. The molecule has 1 saturated heterocycles. The van der Waals surface area contributed by atoms with Gasteiger partial charge in [-0.05, 0) is 81.6 Å². The molecule has 7 heteroatoms. The molecule has 1 aromatic carbocycles. The highest BCUT2D eigenvalue weighted by atomic mass is 35.5. The number of allylic oxidation sites excluding steroid dienone is 4. The summed E-state index contributed by atoms with van der Waals surface area (Å²) >= 11 is 6.73. The minimum atomic E-state index is -0.386. The third-order valence-electron chi connectivity index (χ3n) is 6.52. The number of amides is 1. The predicted octanol–water partition coefficient (Wildman–Crippen LogP) is 7.53. The number of piperidine rings is 1. The summed E-state index contributed by atoms with van der Waals surface area (Å²) in [7, 11) is 0. The molecule has 38 heavy (non-hydrogen) atoms. The number of ether oxygens (including phenoxy) is 1. The zero-order chi connectivity index (χ0) is 27.8. The van der Waals surface area contributed by atoms with E-state index >= 15 is 0 Å². The van der Waals surface area contributed by atoms with Crippen LogP contribution in [0.5, 0.6) is 0 Å². The maximum Gasteiger partial charge on any atom is 0.338 e. The van der Waals surface area contributed by atoms with Crippen molar-refractivity contribution < 1.29 is 19.2 Å². The lowest BCUT2D eigenvalue weighted by atomic mass is 9.94. The quantitative estimate of drug-likeness (QED) is 0.0752. The molecule has 1 amide bonds. The summed E-state index contributed by atoms with van der Waals surface area (Å²) in [5.41, 5.74) is 3.43. The Morgan fingerprint density at radius 2 is 1.71 bits per heavy atom. The third kappa shape index (κ3) is 10.6. The fourth-order valence-electron chi connectivity index (χ4n) is 4.44. The van der Waals surface area contributed by atoms with Gasteiger partial charge in [0.1, 0.15) is 0 Å². The Bertz CT molecular complexity index is 994. The fraction of sp³-hybridized carbons (Fsp3) is 0.581. The molecule has 1 heterocycles. The number of halogens is 1. The molecule has 0 radical (unpaired) electrons. The van der Waals surface area contributed by atoms with E-state index < -0.39 is 0 Å². The normalized spacial score (nSPS) is 14.4. The number of likely N-dealkylation sites (tertiary alicyclic amines) is 1. The largest absolute Gasteiger partial charge is 0.462 e. The summed E-state index contributed by atoms with van der Waals surface area (Å²) in [5, 5.41) is 4.85. The van der Waals surface area contributed by atoms with Crippen molar-refractivity contribution in [2.24, 2.45) is 5.16 Å². The van der Waals surface area contributed by atoms with Crippen LogP contribution in [-0.2, 0) is 20.8 Å². The van der Waals surface area contributed by atoms with E-state index in [1.807, 2.05) is 43.9 Å². The monoisotopic (exact) mass is 544 g/mol. The zero-order valence-electron chi connectivity index (χ0n) is 23.7. The van der Waals surface area contributed by atoms with E-state index in [0.717, 1.165) is 69.2 Å².